The topological polar surface area (TPSA) is 81.4 Å². The monoisotopic (exact) mass is 477 g/mol. The number of carbonyl (C=O) groups excluding carboxylic acids is 1. The number of benzene rings is 3. The number of aromatic nitrogens is 3. The molecule has 0 unspecified atom stereocenters. The number of hydrogen-bond acceptors (Lipinski definition) is 6. The van der Waals surface area contributed by atoms with Crippen LogP contribution < -0.4 is 10.2 Å². The average molecular weight is 478 g/mol. The van der Waals surface area contributed by atoms with Gasteiger partial charge >= 0.3 is 0 Å². The van der Waals surface area contributed by atoms with E-state index in [0.717, 1.165) is 22.6 Å². The first-order chi connectivity index (χ1) is 16.1. The van der Waals surface area contributed by atoms with Crippen LogP contribution in [0.5, 0.6) is 5.75 Å². The summed E-state index contributed by atoms with van der Waals surface area (Å²) in [5.74, 6) is 1.31. The van der Waals surface area contributed by atoms with Crippen molar-refractivity contribution in [3.05, 3.63) is 89.4 Å². The van der Waals surface area contributed by atoms with Crippen molar-refractivity contribution in [2.45, 2.75) is 5.16 Å². The molecule has 0 bridgehead atoms. The molecule has 3 aromatic carbocycles. The van der Waals surface area contributed by atoms with E-state index in [1.54, 1.807) is 25.5 Å². The lowest BCUT2D eigenvalue weighted by Crippen LogP contribution is -2.20. The van der Waals surface area contributed by atoms with Crippen LogP contribution in [0.25, 0.3) is 17.1 Å². The lowest BCUT2D eigenvalue weighted by molar-refractivity contribution is -0.118. The molecule has 1 N–H and O–H groups in total. The SMILES string of the molecule is COc1ccc(/C=N/NC(=O)CSc2nnc(-c3ccccc3)n2-c2ccc(Cl)cc2)cc1. The van der Waals surface area contributed by atoms with Gasteiger partial charge in [-0.15, -0.1) is 10.2 Å². The van der Waals surface area contributed by atoms with Gasteiger partial charge in [-0.1, -0.05) is 53.7 Å². The van der Waals surface area contributed by atoms with Crippen LogP contribution in [0, 0.1) is 0 Å². The van der Waals surface area contributed by atoms with Crippen LogP contribution in [0.4, 0.5) is 0 Å². The summed E-state index contributed by atoms with van der Waals surface area (Å²) in [6.45, 7) is 0. The van der Waals surface area contributed by atoms with Crippen LogP contribution in [0.2, 0.25) is 5.02 Å². The van der Waals surface area contributed by atoms with Gasteiger partial charge in [0, 0.05) is 16.3 Å². The molecule has 7 nitrogen and oxygen atoms in total. The highest BCUT2D eigenvalue weighted by Gasteiger charge is 2.17. The van der Waals surface area contributed by atoms with Gasteiger partial charge in [-0.25, -0.2) is 5.43 Å². The quantitative estimate of drug-likeness (QED) is 0.223. The van der Waals surface area contributed by atoms with Crippen molar-refractivity contribution in [3.63, 3.8) is 0 Å². The Morgan fingerprint density at radius 2 is 1.79 bits per heavy atom. The Morgan fingerprint density at radius 3 is 2.48 bits per heavy atom. The largest absolute Gasteiger partial charge is 0.497 e. The number of methoxy groups -OCH3 is 1. The van der Waals surface area contributed by atoms with Crippen molar-refractivity contribution < 1.29 is 9.53 Å². The number of ether oxygens (including phenoxy) is 1. The predicted molar refractivity (Wildman–Crippen MR) is 131 cm³/mol. The van der Waals surface area contributed by atoms with E-state index in [4.69, 9.17) is 16.3 Å². The summed E-state index contributed by atoms with van der Waals surface area (Å²) >= 11 is 7.34. The van der Waals surface area contributed by atoms with E-state index in [0.29, 0.717) is 16.0 Å². The van der Waals surface area contributed by atoms with Crippen molar-refractivity contribution in [3.8, 4) is 22.8 Å². The van der Waals surface area contributed by atoms with Crippen LogP contribution in [0.1, 0.15) is 5.56 Å². The molecule has 0 saturated carbocycles. The van der Waals surface area contributed by atoms with Crippen molar-refractivity contribution >= 4 is 35.5 Å². The Kier molecular flexibility index (Phi) is 7.39. The fourth-order valence-corrected chi connectivity index (χ4v) is 3.86. The minimum atomic E-state index is -0.253. The first-order valence-corrected chi connectivity index (χ1v) is 11.4. The molecule has 0 radical (unpaired) electrons. The van der Waals surface area contributed by atoms with Crippen molar-refractivity contribution in [2.75, 3.05) is 12.9 Å². The fourth-order valence-electron chi connectivity index (χ4n) is 2.99. The number of carbonyl (C=O) groups is 1. The van der Waals surface area contributed by atoms with Gasteiger partial charge in [0.05, 0.1) is 19.1 Å². The van der Waals surface area contributed by atoms with E-state index < -0.39 is 0 Å². The second-order valence-corrected chi connectivity index (χ2v) is 8.22. The normalized spacial score (nSPS) is 11.0. The molecule has 166 valence electrons. The highest BCUT2D eigenvalue weighted by atomic mass is 35.5. The first kappa shape index (κ1) is 22.6. The van der Waals surface area contributed by atoms with Gasteiger partial charge in [0.1, 0.15) is 5.75 Å². The minimum absolute atomic E-state index is 0.125. The Morgan fingerprint density at radius 1 is 1.06 bits per heavy atom. The predicted octanol–water partition coefficient (Wildman–Crippen LogP) is 4.84. The maximum atomic E-state index is 12.3. The zero-order chi connectivity index (χ0) is 23.0. The van der Waals surface area contributed by atoms with E-state index >= 15 is 0 Å². The van der Waals surface area contributed by atoms with E-state index in [9.17, 15) is 4.79 Å². The van der Waals surface area contributed by atoms with Gasteiger partial charge in [0.25, 0.3) is 5.91 Å². The van der Waals surface area contributed by atoms with Gasteiger partial charge < -0.3 is 4.74 Å². The maximum Gasteiger partial charge on any atom is 0.250 e. The summed E-state index contributed by atoms with van der Waals surface area (Å²) in [5.41, 5.74) is 5.15. The van der Waals surface area contributed by atoms with Crippen molar-refractivity contribution in [2.24, 2.45) is 5.10 Å². The van der Waals surface area contributed by atoms with Crippen molar-refractivity contribution in [1.29, 1.82) is 0 Å². The van der Waals surface area contributed by atoms with Gasteiger partial charge in [-0.05, 0) is 54.1 Å². The van der Waals surface area contributed by atoms with Crippen LogP contribution in [-0.4, -0.2) is 39.7 Å². The molecule has 4 aromatic rings. The van der Waals surface area contributed by atoms with Gasteiger partial charge in [-0.3, -0.25) is 9.36 Å². The molecule has 1 amide bonds. The zero-order valence-corrected chi connectivity index (χ0v) is 19.3. The third-order valence-corrected chi connectivity index (χ3v) is 5.78. The summed E-state index contributed by atoms with van der Waals surface area (Å²) < 4.78 is 7.03. The number of hydrazone groups is 1. The zero-order valence-electron chi connectivity index (χ0n) is 17.7. The molecule has 0 saturated heterocycles. The average Bonchev–Trinajstić information content (AvgIpc) is 3.28. The van der Waals surface area contributed by atoms with Crippen LogP contribution in [0.3, 0.4) is 0 Å². The molecule has 0 aliphatic heterocycles. The standard InChI is InChI=1S/C24H20ClN5O2S/c1-32-21-13-7-17(8-14-21)15-26-27-22(31)16-33-24-29-28-23(18-5-3-2-4-6-18)30(24)20-11-9-19(25)10-12-20/h2-15H,16H2,1H3,(H,27,31)/b26-15+. The van der Waals surface area contributed by atoms with E-state index in [2.05, 4.69) is 20.7 Å². The molecule has 0 fully saturated rings. The number of amides is 1. The summed E-state index contributed by atoms with van der Waals surface area (Å²) in [6.07, 6.45) is 1.58. The van der Waals surface area contributed by atoms with E-state index in [1.165, 1.54) is 11.8 Å². The molecule has 0 aliphatic rings. The number of nitrogens with one attached hydrogen (secondary N) is 1. The molecule has 33 heavy (non-hydrogen) atoms. The van der Waals surface area contributed by atoms with Crippen LogP contribution >= 0.6 is 23.4 Å². The molecule has 1 heterocycles. The Bertz CT molecular complexity index is 1240. The van der Waals surface area contributed by atoms with E-state index in [-0.39, 0.29) is 11.7 Å². The first-order valence-electron chi connectivity index (χ1n) is 9.99. The Labute approximate surface area is 200 Å². The van der Waals surface area contributed by atoms with Crippen molar-refractivity contribution in [1.82, 2.24) is 20.2 Å². The molecule has 9 heteroatoms. The molecule has 0 spiro atoms. The lowest BCUT2D eigenvalue weighted by Gasteiger charge is -2.10. The van der Waals surface area contributed by atoms with E-state index in [1.807, 2.05) is 71.3 Å². The molecular formula is C24H20ClN5O2S. The molecule has 4 rings (SSSR count). The number of hydrogen-bond donors (Lipinski definition) is 1. The molecule has 1 aromatic heterocycles. The molecular weight excluding hydrogens is 458 g/mol. The number of thioether (sulfide) groups is 1. The number of rotatable bonds is 8. The molecule has 0 aliphatic carbocycles. The highest BCUT2D eigenvalue weighted by molar-refractivity contribution is 7.99. The second kappa shape index (κ2) is 10.8. The minimum Gasteiger partial charge on any atom is -0.497 e. The highest BCUT2D eigenvalue weighted by Crippen LogP contribution is 2.28. The lowest BCUT2D eigenvalue weighted by atomic mass is 10.2. The number of nitrogens with zero attached hydrogens (tertiary/aromatic N) is 4. The van der Waals surface area contributed by atoms with Gasteiger partial charge in [-0.2, -0.15) is 5.10 Å². The third-order valence-electron chi connectivity index (χ3n) is 4.60. The summed E-state index contributed by atoms with van der Waals surface area (Å²) in [5, 5.41) is 13.9. The van der Waals surface area contributed by atoms with Crippen LogP contribution in [-0.2, 0) is 4.79 Å². The van der Waals surface area contributed by atoms with Gasteiger partial charge in [0.15, 0.2) is 11.0 Å². The van der Waals surface area contributed by atoms with Gasteiger partial charge in [0.2, 0.25) is 0 Å². The summed E-state index contributed by atoms with van der Waals surface area (Å²) in [7, 11) is 1.61. The smallest absolute Gasteiger partial charge is 0.250 e. The summed E-state index contributed by atoms with van der Waals surface area (Å²) in [6, 6.07) is 24.5. The Hall–Kier alpha value is -3.62. The Balaban J connectivity index is 1.47. The van der Waals surface area contributed by atoms with Crippen LogP contribution in [0.15, 0.2) is 89.1 Å². The number of halogens is 1. The fraction of sp³-hybridized carbons (Fsp3) is 0.0833. The maximum absolute atomic E-state index is 12.3. The molecule has 0 atom stereocenters. The summed E-state index contributed by atoms with van der Waals surface area (Å²) in [4.78, 5) is 12.3. The third kappa shape index (κ3) is 5.79. The second-order valence-electron chi connectivity index (χ2n) is 6.84.